The Morgan fingerprint density at radius 2 is 0.783 bits per heavy atom. The Kier molecular flexibility index (Phi) is 12.3. The number of aromatic nitrogens is 2. The van der Waals surface area contributed by atoms with Gasteiger partial charge in [0.15, 0.2) is 17.1 Å². The molecule has 0 fully saturated rings. The van der Waals surface area contributed by atoms with Crippen LogP contribution < -0.4 is 0 Å². The number of alkyl halides is 3. The largest absolute Gasteiger partial charge is 0.416 e. The lowest BCUT2D eigenvalue weighted by Gasteiger charge is -2.21. The number of nitrogens with zero attached hydrogens (tertiary/aromatic N) is 7. The van der Waals surface area contributed by atoms with Crippen LogP contribution in [0, 0.1) is 49.3 Å². The van der Waals surface area contributed by atoms with E-state index in [0.29, 0.717) is 61.7 Å². The molecule has 0 unspecified atom stereocenters. The molecule has 0 atom stereocenters. The van der Waals surface area contributed by atoms with Crippen LogP contribution in [-0.4, -0.2) is 9.13 Å². The van der Waals surface area contributed by atoms with E-state index in [1.54, 1.807) is 43.3 Å². The molecular weight excluding hydrogens is 1030 g/mol. The van der Waals surface area contributed by atoms with Gasteiger partial charge in [-0.2, -0.15) is 23.7 Å². The summed E-state index contributed by atoms with van der Waals surface area (Å²) in [5.41, 5.74) is 14.4. The predicted molar refractivity (Wildman–Crippen MR) is 326 cm³/mol. The first-order valence-electron chi connectivity index (χ1n) is 26.4. The van der Waals surface area contributed by atoms with Crippen molar-refractivity contribution in [2.24, 2.45) is 0 Å². The Morgan fingerprint density at radius 1 is 0.373 bits per heavy atom. The second kappa shape index (κ2) is 20.2. The van der Waals surface area contributed by atoms with Crippen molar-refractivity contribution in [2.45, 2.75) is 13.1 Å². The standard InChI is InChI=1S/C73H40F3N7/c1-44-34-52(36-53(35-44)73(74,75)76)45-24-29-70(82-66-30-25-46(54-16-7-5-14-50(54)42-77)38-58(66)60-40-48(27-32-67(60)82)56-18-9-11-20-63(56)79-2)62(37-45)72-65(81-4)22-13-23-71(72)83-68-31-26-47(55-17-8-6-15-51(55)43-78)39-59(68)61-41-49(28-33-69(61)83)57-19-10-12-21-64(57)80-3/h5-41H,1H3. The maximum Gasteiger partial charge on any atom is 0.416 e. The summed E-state index contributed by atoms with van der Waals surface area (Å²) >= 11 is 0. The maximum atomic E-state index is 14.7. The molecule has 11 aromatic carbocycles. The molecule has 0 bridgehead atoms. The molecule has 2 aromatic heterocycles. The summed E-state index contributed by atoms with van der Waals surface area (Å²) in [6, 6.07) is 73.9. The summed E-state index contributed by atoms with van der Waals surface area (Å²) in [5.74, 6) is 0. The number of aryl methyl sites for hydroxylation is 1. The molecule has 7 nitrogen and oxygen atoms in total. The van der Waals surface area contributed by atoms with Crippen molar-refractivity contribution in [3.63, 3.8) is 0 Å². The monoisotopic (exact) mass is 1070 g/mol. The van der Waals surface area contributed by atoms with E-state index >= 15 is 0 Å². The van der Waals surface area contributed by atoms with Crippen LogP contribution >= 0.6 is 0 Å². The Balaban J connectivity index is 1.14. The van der Waals surface area contributed by atoms with Gasteiger partial charge in [-0.25, -0.2) is 14.5 Å². The van der Waals surface area contributed by atoms with Crippen molar-refractivity contribution in [2.75, 3.05) is 0 Å². The highest BCUT2D eigenvalue weighted by atomic mass is 19.4. The Labute approximate surface area is 475 Å². The Bertz CT molecular complexity index is 4890. The zero-order chi connectivity index (χ0) is 57.1. The third-order valence-electron chi connectivity index (χ3n) is 15.5. The molecule has 0 aliphatic carbocycles. The zero-order valence-electron chi connectivity index (χ0n) is 44.1. The van der Waals surface area contributed by atoms with E-state index < -0.39 is 11.7 Å². The predicted octanol–water partition coefficient (Wildman–Crippen LogP) is 20.6. The van der Waals surface area contributed by atoms with Crippen LogP contribution in [0.5, 0.6) is 0 Å². The molecule has 10 heteroatoms. The number of benzene rings is 11. The van der Waals surface area contributed by atoms with E-state index in [1.807, 2.05) is 152 Å². The first-order valence-corrected chi connectivity index (χ1v) is 26.4. The van der Waals surface area contributed by atoms with Crippen LogP contribution in [0.1, 0.15) is 22.3 Å². The van der Waals surface area contributed by atoms with Crippen LogP contribution in [-0.2, 0) is 6.18 Å². The average Bonchev–Trinajstić information content (AvgIpc) is 2.52. The molecule has 0 amide bonds. The minimum atomic E-state index is -4.62. The highest BCUT2D eigenvalue weighted by Gasteiger charge is 2.32. The van der Waals surface area contributed by atoms with E-state index in [9.17, 15) is 23.7 Å². The third kappa shape index (κ3) is 8.59. The van der Waals surface area contributed by atoms with Gasteiger partial charge in [0.1, 0.15) is 0 Å². The van der Waals surface area contributed by atoms with Gasteiger partial charge in [0.25, 0.3) is 0 Å². The molecule has 388 valence electrons. The van der Waals surface area contributed by atoms with Gasteiger partial charge < -0.3 is 9.13 Å². The number of para-hydroxylation sites is 2. The quantitative estimate of drug-likeness (QED) is 0.142. The van der Waals surface area contributed by atoms with Gasteiger partial charge in [-0.15, -0.1) is 0 Å². The molecule has 83 heavy (non-hydrogen) atoms. The number of fused-ring (bicyclic) bond motifs is 6. The summed E-state index contributed by atoms with van der Waals surface area (Å²) < 4.78 is 48.3. The molecule has 0 radical (unpaired) electrons. The number of rotatable bonds is 8. The van der Waals surface area contributed by atoms with E-state index in [2.05, 4.69) is 60.1 Å². The van der Waals surface area contributed by atoms with Crippen molar-refractivity contribution in [1.82, 2.24) is 9.13 Å². The fourth-order valence-corrected chi connectivity index (χ4v) is 11.8. The van der Waals surface area contributed by atoms with E-state index in [1.165, 1.54) is 0 Å². The summed E-state index contributed by atoms with van der Waals surface area (Å²) in [7, 11) is 0. The fourth-order valence-electron chi connectivity index (χ4n) is 11.8. The average molecular weight is 1070 g/mol. The maximum absolute atomic E-state index is 14.7. The highest BCUT2D eigenvalue weighted by molar-refractivity contribution is 6.15. The number of hydrogen-bond donors (Lipinski definition) is 0. The van der Waals surface area contributed by atoms with Crippen LogP contribution in [0.3, 0.4) is 0 Å². The minimum absolute atomic E-state index is 0.285. The first kappa shape index (κ1) is 50.7. The molecule has 0 saturated carbocycles. The Hall–Kier alpha value is -11.7. The van der Waals surface area contributed by atoms with Crippen molar-refractivity contribution < 1.29 is 13.2 Å². The van der Waals surface area contributed by atoms with Crippen LogP contribution in [0.2, 0.25) is 0 Å². The number of hydrogen-bond acceptors (Lipinski definition) is 2. The van der Waals surface area contributed by atoms with Crippen molar-refractivity contribution >= 4 is 60.7 Å². The SMILES string of the molecule is [C-]#[N+]c1ccccc1-c1ccc2c(c1)c1cc(-c3ccccc3C#N)ccc1n2-c1ccc(-c2cc(C)cc(C(F)(F)F)c2)cc1-c1c([N+]#[C-])cccc1-n1c2ccc(-c3ccccc3C#N)cc2c2cc(-c3ccccc3[N+]#[C-])ccc21. The van der Waals surface area contributed by atoms with Gasteiger partial charge >= 0.3 is 6.18 Å². The van der Waals surface area contributed by atoms with Gasteiger partial charge in [-0.05, 0) is 165 Å². The summed E-state index contributed by atoms with van der Waals surface area (Å²) in [6.45, 7) is 26.7. The highest BCUT2D eigenvalue weighted by Crippen LogP contribution is 2.49. The molecule has 0 aliphatic heterocycles. The topological polar surface area (TPSA) is 70.5 Å². The van der Waals surface area contributed by atoms with Crippen molar-refractivity contribution in [1.29, 1.82) is 10.5 Å². The lowest BCUT2D eigenvalue weighted by Crippen LogP contribution is -2.05. The normalized spacial score (nSPS) is 11.3. The molecular formula is C73H40F3N7. The zero-order valence-corrected chi connectivity index (χ0v) is 44.1. The van der Waals surface area contributed by atoms with E-state index in [4.69, 9.17) is 19.7 Å². The second-order valence-electron chi connectivity index (χ2n) is 20.3. The molecule has 0 aliphatic rings. The lowest BCUT2D eigenvalue weighted by molar-refractivity contribution is -0.137. The summed E-state index contributed by atoms with van der Waals surface area (Å²) in [5, 5.41) is 23.9. The Morgan fingerprint density at radius 3 is 1.24 bits per heavy atom. The minimum Gasteiger partial charge on any atom is -0.310 e. The van der Waals surface area contributed by atoms with Gasteiger partial charge in [0.05, 0.1) is 76.3 Å². The summed E-state index contributed by atoms with van der Waals surface area (Å²) in [6.07, 6.45) is -4.62. The van der Waals surface area contributed by atoms with Crippen molar-refractivity contribution in [3.8, 4) is 90.3 Å². The van der Waals surface area contributed by atoms with Gasteiger partial charge in [-0.3, -0.25) is 0 Å². The first-order chi connectivity index (χ1) is 40.5. The number of nitriles is 2. The van der Waals surface area contributed by atoms with Crippen molar-refractivity contribution in [3.05, 3.63) is 281 Å². The van der Waals surface area contributed by atoms with E-state index in [0.717, 1.165) is 100 Å². The van der Waals surface area contributed by atoms with Crippen LogP contribution in [0.25, 0.3) is 136 Å². The van der Waals surface area contributed by atoms with Crippen LogP contribution in [0.15, 0.2) is 224 Å². The smallest absolute Gasteiger partial charge is 0.310 e. The van der Waals surface area contributed by atoms with E-state index in [-0.39, 0.29) is 5.69 Å². The molecule has 13 aromatic rings. The lowest BCUT2D eigenvalue weighted by atomic mass is 9.93. The molecule has 13 rings (SSSR count). The number of halogens is 3. The summed E-state index contributed by atoms with van der Waals surface area (Å²) in [4.78, 5) is 11.9. The van der Waals surface area contributed by atoms with Gasteiger partial charge in [0.2, 0.25) is 0 Å². The molecule has 0 saturated heterocycles. The van der Waals surface area contributed by atoms with Crippen LogP contribution in [0.4, 0.5) is 30.2 Å². The fraction of sp³-hybridized carbons (Fsp3) is 0.0274. The second-order valence-corrected chi connectivity index (χ2v) is 20.3. The van der Waals surface area contributed by atoms with Gasteiger partial charge in [0, 0.05) is 32.8 Å². The molecule has 0 spiro atoms. The molecule has 2 heterocycles. The molecule has 0 N–H and O–H groups in total. The third-order valence-corrected chi connectivity index (χ3v) is 15.5. The van der Waals surface area contributed by atoms with Gasteiger partial charge in [-0.1, -0.05) is 133 Å².